The predicted octanol–water partition coefficient (Wildman–Crippen LogP) is 5.14. The average Bonchev–Trinajstić information content (AvgIpc) is 3.38. The molecule has 0 bridgehead atoms. The lowest BCUT2D eigenvalue weighted by molar-refractivity contribution is -0.120. The summed E-state index contributed by atoms with van der Waals surface area (Å²) >= 11 is 3.51. The number of nitrogens with zero attached hydrogens (tertiary/aromatic N) is 4. The molecule has 1 amide bonds. The lowest BCUT2D eigenvalue weighted by Gasteiger charge is -2.14. The summed E-state index contributed by atoms with van der Waals surface area (Å²) in [6.07, 6.45) is 1.25. The number of carboxylic acids is 1. The van der Waals surface area contributed by atoms with Crippen molar-refractivity contribution < 1.29 is 24.2 Å². The lowest BCUT2D eigenvalue weighted by Crippen LogP contribution is -2.27. The Balaban J connectivity index is 1.50. The molecule has 0 aliphatic rings. The number of aromatic nitrogens is 3. The Morgan fingerprint density at radius 2 is 1.88 bits per heavy atom. The highest BCUT2D eigenvalue weighted by molar-refractivity contribution is 14.1. The van der Waals surface area contributed by atoms with E-state index in [1.54, 1.807) is 13.0 Å². The second-order valence-electron chi connectivity index (χ2n) is 8.95. The smallest absolute Gasteiger partial charge is 0.340 e. The lowest BCUT2D eigenvalue weighted by atomic mass is 10.1. The van der Waals surface area contributed by atoms with Crippen molar-refractivity contribution in [1.29, 1.82) is 0 Å². The van der Waals surface area contributed by atoms with Gasteiger partial charge in [-0.2, -0.15) is 5.10 Å². The van der Waals surface area contributed by atoms with Crippen LogP contribution in [-0.4, -0.2) is 57.4 Å². The second-order valence-corrected chi connectivity index (χ2v) is 11.5. The van der Waals surface area contributed by atoms with Crippen LogP contribution in [0.15, 0.2) is 70.9 Å². The molecule has 0 unspecified atom stereocenters. The summed E-state index contributed by atoms with van der Waals surface area (Å²) in [5, 5.41) is 25.9. The molecular formula is C29H29IN6O5S. The van der Waals surface area contributed by atoms with Crippen molar-refractivity contribution in [3.8, 4) is 17.2 Å². The first-order valence-electron chi connectivity index (χ1n) is 12.7. The first-order chi connectivity index (χ1) is 20.2. The van der Waals surface area contributed by atoms with E-state index >= 15 is 0 Å². The highest BCUT2D eigenvalue weighted by atomic mass is 127. The predicted molar refractivity (Wildman–Crippen MR) is 170 cm³/mol. The van der Waals surface area contributed by atoms with Crippen molar-refractivity contribution in [2.24, 2.45) is 5.10 Å². The molecule has 4 aromatic rings. The van der Waals surface area contributed by atoms with E-state index in [9.17, 15) is 14.7 Å². The average molecular weight is 701 g/mol. The molecule has 4 rings (SSSR count). The molecule has 1 heterocycles. The maximum absolute atomic E-state index is 12.9. The van der Waals surface area contributed by atoms with Crippen LogP contribution in [0.1, 0.15) is 34.2 Å². The van der Waals surface area contributed by atoms with E-state index in [0.29, 0.717) is 17.5 Å². The molecule has 0 saturated heterocycles. The Morgan fingerprint density at radius 3 is 2.55 bits per heavy atom. The quantitative estimate of drug-likeness (QED) is 0.0794. The maximum atomic E-state index is 12.9. The summed E-state index contributed by atoms with van der Waals surface area (Å²) in [5.41, 5.74) is 5.57. The van der Waals surface area contributed by atoms with Crippen LogP contribution in [0.2, 0.25) is 0 Å². The maximum Gasteiger partial charge on any atom is 0.340 e. The number of hydrogen-bond acceptors (Lipinski definition) is 9. The number of hydrogen-bond donors (Lipinski definition) is 3. The summed E-state index contributed by atoms with van der Waals surface area (Å²) in [6.45, 7) is 4.20. The van der Waals surface area contributed by atoms with Crippen LogP contribution in [0.3, 0.4) is 0 Å². The number of carboxylic acid groups (broad SMARTS) is 1. The molecule has 3 aromatic carbocycles. The van der Waals surface area contributed by atoms with Gasteiger partial charge in [-0.3, -0.25) is 9.36 Å². The summed E-state index contributed by atoms with van der Waals surface area (Å²) in [4.78, 5) is 24.8. The van der Waals surface area contributed by atoms with Gasteiger partial charge in [0.2, 0.25) is 0 Å². The number of aryl methyl sites for hydroxylation is 1. The van der Waals surface area contributed by atoms with Gasteiger partial charge in [0.15, 0.2) is 22.5 Å². The topological polar surface area (TPSA) is 140 Å². The monoisotopic (exact) mass is 700 g/mol. The minimum Gasteiger partial charge on any atom is -0.493 e. The van der Waals surface area contributed by atoms with Gasteiger partial charge in [-0.15, -0.1) is 10.2 Å². The number of carbonyl (C=O) groups is 2. The van der Waals surface area contributed by atoms with E-state index in [0.717, 1.165) is 20.5 Å². The first-order valence-corrected chi connectivity index (χ1v) is 14.7. The summed E-state index contributed by atoms with van der Waals surface area (Å²) < 4.78 is 13.5. The molecule has 0 saturated carbocycles. The molecule has 11 nitrogen and oxygen atoms in total. The number of ether oxygens (including phenoxy) is 2. The SMILES string of the molecule is COc1ccc(C=NNC(=O)[C@@H](C)Sc2nnc(CNc3ccc(I)cc3C)n2-c2ccccc2)c(C(=O)O)c1OC. The highest BCUT2D eigenvalue weighted by Crippen LogP contribution is 2.33. The van der Waals surface area contributed by atoms with Crippen LogP contribution in [-0.2, 0) is 11.3 Å². The number of aromatic carboxylic acids is 1. The molecule has 0 radical (unpaired) electrons. The number of hydrazone groups is 1. The first kappa shape index (κ1) is 30.8. The molecule has 0 aliphatic heterocycles. The molecule has 0 spiro atoms. The number of anilines is 1. The standard InChI is InChI=1S/C29H29IN6O5S/c1-17-14-20(30)11-12-22(17)31-16-24-33-35-29(36(24)21-8-6-5-7-9-21)42-18(2)27(37)34-32-15-19-10-13-23(40-3)26(41-4)25(19)28(38)39/h5-15,18,31H,16H2,1-4H3,(H,34,37)(H,38,39)/t18-/m1/s1. The summed E-state index contributed by atoms with van der Waals surface area (Å²) in [7, 11) is 2.77. The number of benzene rings is 3. The molecule has 0 fully saturated rings. The zero-order valence-electron chi connectivity index (χ0n) is 23.3. The van der Waals surface area contributed by atoms with Crippen LogP contribution in [0.25, 0.3) is 5.69 Å². The largest absolute Gasteiger partial charge is 0.493 e. The van der Waals surface area contributed by atoms with E-state index in [4.69, 9.17) is 9.47 Å². The van der Waals surface area contributed by atoms with Gasteiger partial charge in [-0.05, 0) is 84.5 Å². The second kappa shape index (κ2) is 14.2. The minimum absolute atomic E-state index is 0.0620. The Morgan fingerprint density at radius 1 is 1.12 bits per heavy atom. The number of amides is 1. The minimum atomic E-state index is -1.22. The van der Waals surface area contributed by atoms with Crippen LogP contribution in [0, 0.1) is 10.5 Å². The molecular weight excluding hydrogens is 671 g/mol. The number of carbonyl (C=O) groups excluding carboxylic acids is 1. The molecule has 13 heteroatoms. The highest BCUT2D eigenvalue weighted by Gasteiger charge is 2.22. The Kier molecular flexibility index (Phi) is 10.4. The van der Waals surface area contributed by atoms with Crippen molar-refractivity contribution in [3.05, 3.63) is 86.7 Å². The third kappa shape index (κ3) is 7.20. The van der Waals surface area contributed by atoms with Gasteiger partial charge in [-0.25, -0.2) is 10.2 Å². The van der Waals surface area contributed by atoms with Crippen molar-refractivity contribution in [2.75, 3.05) is 19.5 Å². The molecule has 1 aromatic heterocycles. The molecule has 3 N–H and O–H groups in total. The van der Waals surface area contributed by atoms with Gasteiger partial charge in [-0.1, -0.05) is 30.0 Å². The zero-order chi connectivity index (χ0) is 30.2. The van der Waals surface area contributed by atoms with Crippen LogP contribution < -0.4 is 20.2 Å². The van der Waals surface area contributed by atoms with Crippen molar-refractivity contribution in [3.63, 3.8) is 0 Å². The third-order valence-corrected chi connectivity index (χ3v) is 7.88. The summed E-state index contributed by atoms with van der Waals surface area (Å²) in [6, 6.07) is 18.9. The number of rotatable bonds is 12. The van der Waals surface area contributed by atoms with Crippen LogP contribution in [0.4, 0.5) is 5.69 Å². The van der Waals surface area contributed by atoms with Crippen molar-refractivity contribution in [1.82, 2.24) is 20.2 Å². The van der Waals surface area contributed by atoms with Gasteiger partial charge in [0.05, 0.1) is 32.2 Å². The van der Waals surface area contributed by atoms with E-state index < -0.39 is 17.1 Å². The normalized spacial score (nSPS) is 11.7. The third-order valence-electron chi connectivity index (χ3n) is 6.16. The Hall–Kier alpha value is -4.11. The number of para-hydroxylation sites is 1. The summed E-state index contributed by atoms with van der Waals surface area (Å²) in [5.74, 6) is -0.601. The van der Waals surface area contributed by atoms with E-state index in [1.807, 2.05) is 54.0 Å². The molecule has 0 aliphatic carbocycles. The van der Waals surface area contributed by atoms with Crippen LogP contribution >= 0.6 is 34.4 Å². The van der Waals surface area contributed by atoms with E-state index in [1.165, 1.54) is 38.3 Å². The van der Waals surface area contributed by atoms with Gasteiger partial charge < -0.3 is 19.9 Å². The zero-order valence-corrected chi connectivity index (χ0v) is 26.3. The number of methoxy groups -OCH3 is 2. The molecule has 42 heavy (non-hydrogen) atoms. The number of nitrogens with one attached hydrogen (secondary N) is 2. The van der Waals surface area contributed by atoms with Crippen LogP contribution in [0.5, 0.6) is 11.5 Å². The fourth-order valence-electron chi connectivity index (χ4n) is 4.07. The molecule has 218 valence electrons. The van der Waals surface area contributed by atoms with Gasteiger partial charge in [0, 0.05) is 20.5 Å². The fraction of sp³-hybridized carbons (Fsp3) is 0.207. The van der Waals surface area contributed by atoms with E-state index in [2.05, 4.69) is 54.7 Å². The van der Waals surface area contributed by atoms with Gasteiger partial charge in [0.1, 0.15) is 5.56 Å². The van der Waals surface area contributed by atoms with E-state index in [-0.39, 0.29) is 22.6 Å². The van der Waals surface area contributed by atoms with Gasteiger partial charge >= 0.3 is 5.97 Å². The van der Waals surface area contributed by atoms with Crippen molar-refractivity contribution >= 4 is 58.1 Å². The Bertz CT molecular complexity index is 1610. The fourth-order valence-corrected chi connectivity index (χ4v) is 5.59. The number of thioether (sulfide) groups is 1. The van der Waals surface area contributed by atoms with Gasteiger partial charge in [0.25, 0.3) is 5.91 Å². The number of halogens is 1. The van der Waals surface area contributed by atoms with Crippen molar-refractivity contribution in [2.45, 2.75) is 30.8 Å². The Labute approximate surface area is 260 Å². The molecule has 1 atom stereocenters.